The van der Waals surface area contributed by atoms with Gasteiger partial charge in [-0.3, -0.25) is 4.90 Å². The van der Waals surface area contributed by atoms with Gasteiger partial charge in [-0.15, -0.1) is 6.58 Å². The predicted molar refractivity (Wildman–Crippen MR) is 66.5 cm³/mol. The van der Waals surface area contributed by atoms with E-state index in [9.17, 15) is 4.79 Å². The van der Waals surface area contributed by atoms with E-state index in [1.807, 2.05) is 11.0 Å². The molecule has 1 aliphatic rings. The summed E-state index contributed by atoms with van der Waals surface area (Å²) < 4.78 is 0. The van der Waals surface area contributed by atoms with E-state index in [4.69, 9.17) is 0 Å². The van der Waals surface area contributed by atoms with Gasteiger partial charge in [-0.05, 0) is 6.42 Å². The van der Waals surface area contributed by atoms with Gasteiger partial charge in [0.25, 0.3) is 0 Å². The number of nitrogens with zero attached hydrogens (tertiary/aromatic N) is 2. The van der Waals surface area contributed by atoms with Crippen LogP contribution in [0.2, 0.25) is 0 Å². The number of carbonyl (C=O) groups is 1. The van der Waals surface area contributed by atoms with Gasteiger partial charge in [0.2, 0.25) is 0 Å². The second kappa shape index (κ2) is 7.28. The largest absolute Gasteiger partial charge is 0.338 e. The summed E-state index contributed by atoms with van der Waals surface area (Å²) in [5, 5.41) is 2.95. The second-order valence-electron chi connectivity index (χ2n) is 4.16. The molecule has 0 radical (unpaired) electrons. The first-order valence-electron chi connectivity index (χ1n) is 6.14. The summed E-state index contributed by atoms with van der Waals surface area (Å²) in [4.78, 5) is 15.9. The molecule has 16 heavy (non-hydrogen) atoms. The standard InChI is InChI=1S/C12H23N3O/c1-3-5-6-13-12(16)15-10-8-14(7-4-2)9-11-15/h4H,2-3,5-11H2,1H3,(H,13,16). The number of hydrogen-bond donors (Lipinski definition) is 1. The Kier molecular flexibility index (Phi) is 5.93. The summed E-state index contributed by atoms with van der Waals surface area (Å²) in [7, 11) is 0. The Bertz CT molecular complexity index is 222. The maximum Gasteiger partial charge on any atom is 0.317 e. The maximum atomic E-state index is 11.7. The van der Waals surface area contributed by atoms with Crippen LogP contribution >= 0.6 is 0 Å². The third-order valence-corrected chi connectivity index (χ3v) is 2.85. The van der Waals surface area contributed by atoms with E-state index in [1.54, 1.807) is 0 Å². The van der Waals surface area contributed by atoms with Crippen LogP contribution in [0.4, 0.5) is 4.79 Å². The van der Waals surface area contributed by atoms with Crippen molar-refractivity contribution in [2.24, 2.45) is 0 Å². The fourth-order valence-corrected chi connectivity index (χ4v) is 1.80. The molecule has 1 heterocycles. The molecule has 4 heteroatoms. The molecule has 1 N–H and O–H groups in total. The van der Waals surface area contributed by atoms with Crippen LogP contribution in [0.15, 0.2) is 12.7 Å². The first-order valence-corrected chi connectivity index (χ1v) is 6.14. The van der Waals surface area contributed by atoms with Crippen LogP contribution in [0.3, 0.4) is 0 Å². The Labute approximate surface area is 98.3 Å². The first kappa shape index (κ1) is 13.0. The number of nitrogens with one attached hydrogen (secondary N) is 1. The van der Waals surface area contributed by atoms with Gasteiger partial charge >= 0.3 is 6.03 Å². The molecule has 0 saturated carbocycles. The smallest absolute Gasteiger partial charge is 0.317 e. The van der Waals surface area contributed by atoms with E-state index in [2.05, 4.69) is 23.7 Å². The van der Waals surface area contributed by atoms with Crippen molar-refractivity contribution in [3.05, 3.63) is 12.7 Å². The molecule has 1 fully saturated rings. The first-order chi connectivity index (χ1) is 7.77. The van der Waals surface area contributed by atoms with Crippen LogP contribution in [0.5, 0.6) is 0 Å². The highest BCUT2D eigenvalue weighted by molar-refractivity contribution is 5.74. The second-order valence-corrected chi connectivity index (χ2v) is 4.16. The molecule has 92 valence electrons. The molecule has 0 spiro atoms. The molecule has 0 aromatic rings. The molecule has 0 aliphatic carbocycles. The van der Waals surface area contributed by atoms with E-state index in [1.165, 1.54) is 0 Å². The predicted octanol–water partition coefficient (Wildman–Crippen LogP) is 1.30. The van der Waals surface area contributed by atoms with Crippen molar-refractivity contribution >= 4 is 6.03 Å². The molecule has 0 unspecified atom stereocenters. The van der Waals surface area contributed by atoms with Crippen LogP contribution in [0, 0.1) is 0 Å². The van der Waals surface area contributed by atoms with Gasteiger partial charge in [0.15, 0.2) is 0 Å². The van der Waals surface area contributed by atoms with E-state index in [-0.39, 0.29) is 6.03 Å². The Morgan fingerprint density at radius 2 is 2.06 bits per heavy atom. The molecular weight excluding hydrogens is 202 g/mol. The van der Waals surface area contributed by atoms with Crippen molar-refractivity contribution < 1.29 is 4.79 Å². The van der Waals surface area contributed by atoms with Crippen molar-refractivity contribution in [3.8, 4) is 0 Å². The van der Waals surface area contributed by atoms with Crippen LogP contribution in [-0.4, -0.2) is 55.1 Å². The lowest BCUT2D eigenvalue weighted by atomic mass is 10.3. The molecule has 0 aromatic carbocycles. The third kappa shape index (κ3) is 4.23. The molecular formula is C12H23N3O. The van der Waals surface area contributed by atoms with Gasteiger partial charge in [-0.1, -0.05) is 19.4 Å². The lowest BCUT2D eigenvalue weighted by Crippen LogP contribution is -2.51. The Morgan fingerprint density at radius 3 is 2.62 bits per heavy atom. The summed E-state index contributed by atoms with van der Waals surface area (Å²) in [6.07, 6.45) is 4.09. The molecule has 2 amide bonds. The average Bonchev–Trinajstić information content (AvgIpc) is 2.30. The number of unbranched alkanes of at least 4 members (excludes halogenated alkanes) is 1. The van der Waals surface area contributed by atoms with E-state index in [0.29, 0.717) is 0 Å². The fraction of sp³-hybridized carbons (Fsp3) is 0.750. The summed E-state index contributed by atoms with van der Waals surface area (Å²) in [5.74, 6) is 0. The Balaban J connectivity index is 2.19. The van der Waals surface area contributed by atoms with E-state index < -0.39 is 0 Å². The van der Waals surface area contributed by atoms with Gasteiger partial charge in [0.1, 0.15) is 0 Å². The minimum Gasteiger partial charge on any atom is -0.338 e. The molecule has 1 aliphatic heterocycles. The third-order valence-electron chi connectivity index (χ3n) is 2.85. The van der Waals surface area contributed by atoms with Gasteiger partial charge < -0.3 is 10.2 Å². The topological polar surface area (TPSA) is 35.6 Å². The summed E-state index contributed by atoms with van der Waals surface area (Å²) in [5.41, 5.74) is 0. The number of urea groups is 1. The Morgan fingerprint density at radius 1 is 1.38 bits per heavy atom. The number of piperazine rings is 1. The van der Waals surface area contributed by atoms with Crippen LogP contribution in [-0.2, 0) is 0 Å². The normalized spacial score (nSPS) is 17.2. The summed E-state index contributed by atoms with van der Waals surface area (Å²) >= 11 is 0. The van der Waals surface area contributed by atoms with Crippen LogP contribution in [0.25, 0.3) is 0 Å². The van der Waals surface area contributed by atoms with Crippen molar-refractivity contribution in [3.63, 3.8) is 0 Å². The lowest BCUT2D eigenvalue weighted by molar-refractivity contribution is 0.147. The zero-order chi connectivity index (χ0) is 11.8. The number of rotatable bonds is 5. The zero-order valence-corrected chi connectivity index (χ0v) is 10.2. The highest BCUT2D eigenvalue weighted by Crippen LogP contribution is 2.01. The average molecular weight is 225 g/mol. The summed E-state index contributed by atoms with van der Waals surface area (Å²) in [6, 6.07) is 0.0895. The zero-order valence-electron chi connectivity index (χ0n) is 10.2. The number of amides is 2. The van der Waals surface area contributed by atoms with Gasteiger partial charge in [-0.25, -0.2) is 4.79 Å². The highest BCUT2D eigenvalue weighted by Gasteiger charge is 2.19. The van der Waals surface area contributed by atoms with Crippen molar-refractivity contribution in [2.75, 3.05) is 39.3 Å². The molecule has 0 aromatic heterocycles. The van der Waals surface area contributed by atoms with E-state index in [0.717, 1.165) is 52.1 Å². The Hall–Kier alpha value is -1.03. The quantitative estimate of drug-likeness (QED) is 0.565. The van der Waals surface area contributed by atoms with Gasteiger partial charge in [-0.2, -0.15) is 0 Å². The van der Waals surface area contributed by atoms with Gasteiger partial charge in [0, 0.05) is 39.3 Å². The van der Waals surface area contributed by atoms with Crippen molar-refractivity contribution in [2.45, 2.75) is 19.8 Å². The molecule has 1 saturated heterocycles. The SMILES string of the molecule is C=CCN1CCN(C(=O)NCCCC)CC1. The lowest BCUT2D eigenvalue weighted by Gasteiger charge is -2.34. The van der Waals surface area contributed by atoms with Crippen molar-refractivity contribution in [1.82, 2.24) is 15.1 Å². The van der Waals surface area contributed by atoms with Crippen LogP contribution in [0.1, 0.15) is 19.8 Å². The monoisotopic (exact) mass is 225 g/mol. The maximum absolute atomic E-state index is 11.7. The molecule has 1 rings (SSSR count). The highest BCUT2D eigenvalue weighted by atomic mass is 16.2. The number of carbonyl (C=O) groups excluding carboxylic acids is 1. The molecule has 4 nitrogen and oxygen atoms in total. The molecule has 0 bridgehead atoms. The van der Waals surface area contributed by atoms with E-state index >= 15 is 0 Å². The fourth-order valence-electron chi connectivity index (χ4n) is 1.80. The minimum absolute atomic E-state index is 0.0895. The van der Waals surface area contributed by atoms with Gasteiger partial charge in [0.05, 0.1) is 0 Å². The van der Waals surface area contributed by atoms with Crippen molar-refractivity contribution in [1.29, 1.82) is 0 Å². The minimum atomic E-state index is 0.0895. The summed E-state index contributed by atoms with van der Waals surface area (Å²) in [6.45, 7) is 11.1. The van der Waals surface area contributed by atoms with Crippen LogP contribution < -0.4 is 5.32 Å². The molecule has 0 atom stereocenters. The number of hydrogen-bond acceptors (Lipinski definition) is 2.